The number of halogens is 1. The van der Waals surface area contributed by atoms with Gasteiger partial charge in [-0.05, 0) is 56.6 Å². The van der Waals surface area contributed by atoms with Gasteiger partial charge in [0, 0.05) is 13.1 Å². The molecule has 1 N–H and O–H groups in total. The maximum atomic E-state index is 13.0. The Morgan fingerprint density at radius 1 is 1.16 bits per heavy atom. The van der Waals surface area contributed by atoms with Gasteiger partial charge in [-0.2, -0.15) is 0 Å². The Balaban J connectivity index is 0.00000225. The Morgan fingerprint density at radius 2 is 1.88 bits per heavy atom. The molecule has 1 aliphatic rings. The lowest BCUT2D eigenvalue weighted by molar-refractivity contribution is 0.0671. The summed E-state index contributed by atoms with van der Waals surface area (Å²) in [6.45, 7) is 2.57. The van der Waals surface area contributed by atoms with Crippen molar-refractivity contribution in [2.45, 2.75) is 12.8 Å². The van der Waals surface area contributed by atoms with Crippen molar-refractivity contribution in [3.05, 3.63) is 60.2 Å². The van der Waals surface area contributed by atoms with Crippen LogP contribution in [-0.2, 0) is 0 Å². The minimum absolute atomic E-state index is 0. The number of carbonyl (C=O) groups excluding carboxylic acids is 1. The third kappa shape index (κ3) is 4.97. The zero-order valence-electron chi connectivity index (χ0n) is 14.5. The van der Waals surface area contributed by atoms with Crippen LogP contribution in [0.1, 0.15) is 23.2 Å². The summed E-state index contributed by atoms with van der Waals surface area (Å²) in [5, 5.41) is 3.22. The average molecular weight is 361 g/mol. The van der Waals surface area contributed by atoms with E-state index < -0.39 is 0 Å². The highest BCUT2D eigenvalue weighted by atomic mass is 35.5. The van der Waals surface area contributed by atoms with E-state index in [2.05, 4.69) is 5.32 Å². The number of hydrogen-bond acceptors (Lipinski definition) is 3. The van der Waals surface area contributed by atoms with E-state index >= 15 is 0 Å². The van der Waals surface area contributed by atoms with Crippen molar-refractivity contribution in [1.29, 1.82) is 0 Å². The van der Waals surface area contributed by atoms with Gasteiger partial charge in [-0.3, -0.25) is 4.79 Å². The van der Waals surface area contributed by atoms with Gasteiger partial charge in [0.25, 0.3) is 5.91 Å². The van der Waals surface area contributed by atoms with Crippen molar-refractivity contribution >= 4 is 18.3 Å². The number of likely N-dealkylation sites (tertiary alicyclic amines) is 1. The van der Waals surface area contributed by atoms with E-state index in [9.17, 15) is 4.79 Å². The summed E-state index contributed by atoms with van der Waals surface area (Å²) in [7, 11) is 1.96. The largest absolute Gasteiger partial charge is 0.457 e. The highest BCUT2D eigenvalue weighted by Gasteiger charge is 2.25. The molecule has 1 unspecified atom stereocenters. The molecular formula is C20H25ClN2O2. The van der Waals surface area contributed by atoms with Gasteiger partial charge in [0.15, 0.2) is 0 Å². The molecule has 0 bridgehead atoms. The van der Waals surface area contributed by atoms with Crippen molar-refractivity contribution in [3.63, 3.8) is 0 Å². The molecular weight excluding hydrogens is 336 g/mol. The third-order valence-corrected chi connectivity index (χ3v) is 4.39. The van der Waals surface area contributed by atoms with Crippen molar-refractivity contribution in [2.24, 2.45) is 5.92 Å². The van der Waals surface area contributed by atoms with Gasteiger partial charge in [0.1, 0.15) is 11.5 Å². The van der Waals surface area contributed by atoms with E-state index in [4.69, 9.17) is 4.74 Å². The van der Waals surface area contributed by atoms with Crippen molar-refractivity contribution in [2.75, 3.05) is 26.7 Å². The average Bonchev–Trinajstić information content (AvgIpc) is 2.63. The Morgan fingerprint density at radius 3 is 2.64 bits per heavy atom. The Hall–Kier alpha value is -2.04. The van der Waals surface area contributed by atoms with Crippen molar-refractivity contribution in [1.82, 2.24) is 10.2 Å². The molecule has 0 radical (unpaired) electrons. The van der Waals surface area contributed by atoms with Crippen LogP contribution in [0.4, 0.5) is 0 Å². The minimum Gasteiger partial charge on any atom is -0.457 e. The number of piperidine rings is 1. The second-order valence-corrected chi connectivity index (χ2v) is 6.23. The predicted octanol–water partition coefficient (Wildman–Crippen LogP) is 3.97. The maximum Gasteiger partial charge on any atom is 0.257 e. The zero-order valence-corrected chi connectivity index (χ0v) is 15.3. The molecule has 1 amide bonds. The minimum atomic E-state index is 0. The summed E-state index contributed by atoms with van der Waals surface area (Å²) in [6, 6.07) is 17.1. The van der Waals surface area contributed by atoms with E-state index in [1.165, 1.54) is 6.42 Å². The number of para-hydroxylation sites is 2. The van der Waals surface area contributed by atoms with E-state index in [0.717, 1.165) is 31.8 Å². The molecule has 3 rings (SSSR count). The standard InChI is InChI=1S/C20H24N2O2.ClH/c1-21-14-16-8-7-13-22(15-16)20(23)18-11-5-6-12-19(18)24-17-9-3-2-4-10-17;/h2-6,9-12,16,21H,7-8,13-15H2,1H3;1H. The number of hydrogen-bond donors (Lipinski definition) is 1. The van der Waals surface area contributed by atoms with E-state index in [-0.39, 0.29) is 18.3 Å². The molecule has 5 heteroatoms. The third-order valence-electron chi connectivity index (χ3n) is 4.39. The van der Waals surface area contributed by atoms with Gasteiger partial charge in [-0.15, -0.1) is 12.4 Å². The molecule has 1 heterocycles. The maximum absolute atomic E-state index is 13.0. The van der Waals surface area contributed by atoms with Crippen LogP contribution in [-0.4, -0.2) is 37.5 Å². The molecule has 2 aromatic rings. The Labute approximate surface area is 155 Å². The number of ether oxygens (including phenoxy) is 1. The monoisotopic (exact) mass is 360 g/mol. The van der Waals surface area contributed by atoms with Crippen LogP contribution in [0.3, 0.4) is 0 Å². The normalized spacial score (nSPS) is 16.8. The summed E-state index contributed by atoms with van der Waals surface area (Å²) >= 11 is 0. The first-order valence-electron chi connectivity index (χ1n) is 8.53. The molecule has 1 saturated heterocycles. The number of rotatable bonds is 5. The van der Waals surface area contributed by atoms with Gasteiger partial charge < -0.3 is 15.0 Å². The highest BCUT2D eigenvalue weighted by Crippen LogP contribution is 2.27. The van der Waals surface area contributed by atoms with E-state index in [0.29, 0.717) is 17.2 Å². The van der Waals surface area contributed by atoms with E-state index in [1.807, 2.05) is 66.5 Å². The quantitative estimate of drug-likeness (QED) is 0.877. The van der Waals surface area contributed by atoms with Crippen LogP contribution in [0.25, 0.3) is 0 Å². The zero-order chi connectivity index (χ0) is 16.8. The smallest absolute Gasteiger partial charge is 0.257 e. The van der Waals surface area contributed by atoms with E-state index in [1.54, 1.807) is 0 Å². The number of benzene rings is 2. The van der Waals surface area contributed by atoms with Crippen LogP contribution in [0, 0.1) is 5.92 Å². The molecule has 1 atom stereocenters. The lowest BCUT2D eigenvalue weighted by Crippen LogP contribution is -2.42. The van der Waals surface area contributed by atoms with Crippen LogP contribution in [0.5, 0.6) is 11.5 Å². The van der Waals surface area contributed by atoms with Crippen molar-refractivity contribution < 1.29 is 9.53 Å². The van der Waals surface area contributed by atoms with Crippen LogP contribution in [0.2, 0.25) is 0 Å². The predicted molar refractivity (Wildman–Crippen MR) is 103 cm³/mol. The summed E-state index contributed by atoms with van der Waals surface area (Å²) < 4.78 is 5.94. The first kappa shape index (κ1) is 19.3. The summed E-state index contributed by atoms with van der Waals surface area (Å²) in [6.07, 6.45) is 2.23. The fourth-order valence-corrected chi connectivity index (χ4v) is 3.22. The summed E-state index contributed by atoms with van der Waals surface area (Å²) in [4.78, 5) is 14.9. The fourth-order valence-electron chi connectivity index (χ4n) is 3.22. The SMILES string of the molecule is CNCC1CCCN(C(=O)c2ccccc2Oc2ccccc2)C1.Cl. The van der Waals surface area contributed by atoms with Gasteiger partial charge in [0.05, 0.1) is 5.56 Å². The molecule has 134 valence electrons. The lowest BCUT2D eigenvalue weighted by atomic mass is 9.97. The number of carbonyl (C=O) groups is 1. The lowest BCUT2D eigenvalue weighted by Gasteiger charge is -2.33. The Bertz CT molecular complexity index is 676. The molecule has 0 spiro atoms. The second kappa shape index (κ2) is 9.44. The highest BCUT2D eigenvalue weighted by molar-refractivity contribution is 5.97. The van der Waals surface area contributed by atoms with Gasteiger partial charge in [-0.25, -0.2) is 0 Å². The topological polar surface area (TPSA) is 41.6 Å². The molecule has 2 aromatic carbocycles. The van der Waals surface area contributed by atoms with Crippen LogP contribution < -0.4 is 10.1 Å². The van der Waals surface area contributed by atoms with Gasteiger partial charge in [0.2, 0.25) is 0 Å². The first-order chi connectivity index (χ1) is 11.8. The number of nitrogens with one attached hydrogen (secondary N) is 1. The summed E-state index contributed by atoms with van der Waals surface area (Å²) in [5.41, 5.74) is 0.631. The molecule has 0 saturated carbocycles. The first-order valence-corrected chi connectivity index (χ1v) is 8.53. The fraction of sp³-hybridized carbons (Fsp3) is 0.350. The van der Waals surface area contributed by atoms with Crippen LogP contribution >= 0.6 is 12.4 Å². The molecule has 1 fully saturated rings. The number of amides is 1. The Kier molecular flexibility index (Phi) is 7.29. The molecule has 1 aliphatic heterocycles. The van der Waals surface area contributed by atoms with Crippen LogP contribution in [0.15, 0.2) is 54.6 Å². The van der Waals surface area contributed by atoms with Gasteiger partial charge >= 0.3 is 0 Å². The molecule has 0 aliphatic carbocycles. The summed E-state index contributed by atoms with van der Waals surface area (Å²) in [5.74, 6) is 1.94. The van der Waals surface area contributed by atoms with Gasteiger partial charge in [-0.1, -0.05) is 30.3 Å². The number of nitrogens with zero attached hydrogens (tertiary/aromatic N) is 1. The van der Waals surface area contributed by atoms with Crippen molar-refractivity contribution in [3.8, 4) is 11.5 Å². The molecule has 25 heavy (non-hydrogen) atoms. The second-order valence-electron chi connectivity index (χ2n) is 6.23. The molecule has 4 nitrogen and oxygen atoms in total. The molecule has 0 aromatic heterocycles.